The van der Waals surface area contributed by atoms with Gasteiger partial charge in [0.2, 0.25) is 10.0 Å². The summed E-state index contributed by atoms with van der Waals surface area (Å²) in [7, 11) is -1.59. The molecule has 0 saturated carbocycles. The summed E-state index contributed by atoms with van der Waals surface area (Å²) in [5, 5.41) is 3.17. The Morgan fingerprint density at radius 3 is 2.39 bits per heavy atom. The number of pyridine rings is 1. The van der Waals surface area contributed by atoms with Crippen LogP contribution in [-0.4, -0.2) is 92.9 Å². The van der Waals surface area contributed by atoms with E-state index in [2.05, 4.69) is 27.1 Å². The van der Waals surface area contributed by atoms with Crippen LogP contribution in [0.25, 0.3) is 0 Å². The fourth-order valence-electron chi connectivity index (χ4n) is 4.08. The van der Waals surface area contributed by atoms with Crippen molar-refractivity contribution in [2.24, 2.45) is 0 Å². The molecule has 0 aliphatic carbocycles. The van der Waals surface area contributed by atoms with Crippen molar-refractivity contribution in [1.29, 1.82) is 0 Å². The van der Waals surface area contributed by atoms with Crippen LogP contribution in [0.5, 0.6) is 0 Å². The van der Waals surface area contributed by atoms with Gasteiger partial charge in [-0.25, -0.2) is 18.2 Å². The van der Waals surface area contributed by atoms with Gasteiger partial charge in [0.15, 0.2) is 0 Å². The summed E-state index contributed by atoms with van der Waals surface area (Å²) < 4.78 is 27.2. The minimum atomic E-state index is -3.69. The topological polar surface area (TPSA) is 89.1 Å². The third-order valence-electron chi connectivity index (χ3n) is 6.08. The van der Waals surface area contributed by atoms with Crippen molar-refractivity contribution in [1.82, 2.24) is 24.4 Å². The average Bonchev–Trinajstić information content (AvgIpc) is 2.83. The first-order valence-corrected chi connectivity index (χ1v) is 12.8. The number of piperazine rings is 2. The molecule has 4 rings (SSSR count). The molecule has 1 N–H and O–H groups in total. The Morgan fingerprint density at radius 1 is 1.00 bits per heavy atom. The number of nitrogens with one attached hydrogen (secondary N) is 1. The number of sulfonamides is 1. The molecule has 1 aromatic heterocycles. The molecule has 0 unspecified atom stereocenters. The number of halogens is 1. The van der Waals surface area contributed by atoms with E-state index >= 15 is 0 Å². The Kier molecular flexibility index (Phi) is 7.38. The SMILES string of the molecule is CN1CCN(c2ncccc2CNC(=O)N2CCN(S(=O)(=O)c3ccccc3Cl)CC2)CC1. The summed E-state index contributed by atoms with van der Waals surface area (Å²) in [4.78, 5) is 23.6. The van der Waals surface area contributed by atoms with E-state index < -0.39 is 10.0 Å². The molecule has 9 nitrogen and oxygen atoms in total. The van der Waals surface area contributed by atoms with Gasteiger partial charge in [-0.05, 0) is 25.2 Å². The van der Waals surface area contributed by atoms with Crippen molar-refractivity contribution in [2.75, 3.05) is 64.3 Å². The summed E-state index contributed by atoms with van der Waals surface area (Å²) >= 11 is 6.09. The van der Waals surface area contributed by atoms with Crippen LogP contribution in [0.1, 0.15) is 5.56 Å². The van der Waals surface area contributed by atoms with E-state index in [-0.39, 0.29) is 29.0 Å². The number of urea groups is 1. The van der Waals surface area contributed by atoms with E-state index in [4.69, 9.17) is 11.6 Å². The molecule has 33 heavy (non-hydrogen) atoms. The molecule has 178 valence electrons. The van der Waals surface area contributed by atoms with E-state index in [1.807, 2.05) is 12.1 Å². The van der Waals surface area contributed by atoms with E-state index in [0.717, 1.165) is 37.6 Å². The van der Waals surface area contributed by atoms with Crippen LogP contribution in [-0.2, 0) is 16.6 Å². The highest BCUT2D eigenvalue weighted by Gasteiger charge is 2.31. The molecule has 3 heterocycles. The van der Waals surface area contributed by atoms with Crippen LogP contribution in [0.4, 0.5) is 10.6 Å². The van der Waals surface area contributed by atoms with Gasteiger partial charge in [-0.1, -0.05) is 29.8 Å². The first kappa shape index (κ1) is 23.7. The second kappa shape index (κ2) is 10.3. The number of anilines is 1. The van der Waals surface area contributed by atoms with Gasteiger partial charge in [0, 0.05) is 70.7 Å². The normalized spacial score (nSPS) is 18.4. The Hall–Kier alpha value is -2.40. The lowest BCUT2D eigenvalue weighted by Gasteiger charge is -2.35. The fourth-order valence-corrected chi connectivity index (χ4v) is 5.99. The lowest BCUT2D eigenvalue weighted by atomic mass is 10.2. The molecular formula is C22H29ClN6O3S. The number of hydrogen-bond donors (Lipinski definition) is 1. The molecule has 2 saturated heterocycles. The van der Waals surface area contributed by atoms with Crippen LogP contribution in [0.2, 0.25) is 5.02 Å². The Balaban J connectivity index is 1.33. The van der Waals surface area contributed by atoms with Gasteiger partial charge >= 0.3 is 6.03 Å². The number of carbonyl (C=O) groups excluding carboxylic acids is 1. The summed E-state index contributed by atoms with van der Waals surface area (Å²) in [6, 6.07) is 10.1. The zero-order chi connectivity index (χ0) is 23.4. The first-order valence-electron chi connectivity index (χ1n) is 11.0. The summed E-state index contributed by atoms with van der Waals surface area (Å²) in [5.74, 6) is 0.904. The maximum atomic E-state index is 12.9. The number of likely N-dealkylation sites (N-methyl/N-ethyl adjacent to an activating group) is 1. The van der Waals surface area contributed by atoms with Gasteiger partial charge in [0.05, 0.1) is 5.02 Å². The number of rotatable bonds is 5. The minimum Gasteiger partial charge on any atom is -0.354 e. The van der Waals surface area contributed by atoms with E-state index in [9.17, 15) is 13.2 Å². The van der Waals surface area contributed by atoms with Gasteiger partial charge in [-0.2, -0.15) is 4.31 Å². The van der Waals surface area contributed by atoms with Crippen molar-refractivity contribution in [3.63, 3.8) is 0 Å². The van der Waals surface area contributed by atoms with Crippen LogP contribution >= 0.6 is 11.6 Å². The molecule has 11 heteroatoms. The zero-order valence-electron chi connectivity index (χ0n) is 18.7. The monoisotopic (exact) mass is 492 g/mol. The highest BCUT2D eigenvalue weighted by atomic mass is 35.5. The smallest absolute Gasteiger partial charge is 0.317 e. The molecule has 2 aliphatic rings. The van der Waals surface area contributed by atoms with Gasteiger partial charge in [-0.3, -0.25) is 0 Å². The quantitative estimate of drug-likeness (QED) is 0.683. The number of amides is 2. The molecule has 0 radical (unpaired) electrons. The molecule has 0 atom stereocenters. The number of benzene rings is 1. The largest absolute Gasteiger partial charge is 0.354 e. The van der Waals surface area contributed by atoms with Crippen LogP contribution < -0.4 is 10.2 Å². The van der Waals surface area contributed by atoms with E-state index in [1.165, 1.54) is 10.4 Å². The standard InChI is InChI=1S/C22H29ClN6O3S/c1-26-9-11-27(12-10-26)21-18(5-4-8-24-21)17-25-22(30)28-13-15-29(16-14-28)33(31,32)20-7-3-2-6-19(20)23/h2-8H,9-17H2,1H3,(H,25,30). The molecule has 0 bridgehead atoms. The van der Waals surface area contributed by atoms with Crippen molar-refractivity contribution in [2.45, 2.75) is 11.4 Å². The summed E-state index contributed by atoms with van der Waals surface area (Å²) in [5.41, 5.74) is 0.968. The fraction of sp³-hybridized carbons (Fsp3) is 0.455. The third kappa shape index (κ3) is 5.40. The molecule has 2 amide bonds. The number of carbonyl (C=O) groups is 1. The van der Waals surface area contributed by atoms with Crippen LogP contribution in [0.15, 0.2) is 47.5 Å². The van der Waals surface area contributed by atoms with Crippen molar-refractivity contribution in [3.8, 4) is 0 Å². The predicted molar refractivity (Wildman–Crippen MR) is 128 cm³/mol. The molecule has 2 aromatic rings. The van der Waals surface area contributed by atoms with Crippen molar-refractivity contribution >= 4 is 33.5 Å². The lowest BCUT2D eigenvalue weighted by molar-refractivity contribution is 0.172. The predicted octanol–water partition coefficient (Wildman–Crippen LogP) is 1.70. The summed E-state index contributed by atoms with van der Waals surface area (Å²) in [6.07, 6.45) is 1.78. The molecular weight excluding hydrogens is 464 g/mol. The second-order valence-electron chi connectivity index (χ2n) is 8.26. The highest BCUT2D eigenvalue weighted by Crippen LogP contribution is 2.25. The molecule has 2 aliphatic heterocycles. The van der Waals surface area contributed by atoms with Crippen LogP contribution in [0.3, 0.4) is 0 Å². The minimum absolute atomic E-state index is 0.0950. The highest BCUT2D eigenvalue weighted by molar-refractivity contribution is 7.89. The Labute approximate surface area is 200 Å². The van der Waals surface area contributed by atoms with Gasteiger partial charge < -0.3 is 20.0 Å². The van der Waals surface area contributed by atoms with Crippen LogP contribution in [0, 0.1) is 0 Å². The Bertz CT molecular complexity index is 1080. The first-order chi connectivity index (χ1) is 15.9. The molecule has 0 spiro atoms. The average molecular weight is 493 g/mol. The van der Waals surface area contributed by atoms with E-state index in [1.54, 1.807) is 29.3 Å². The van der Waals surface area contributed by atoms with Crippen molar-refractivity contribution < 1.29 is 13.2 Å². The summed E-state index contributed by atoms with van der Waals surface area (Å²) in [6.45, 7) is 5.19. The van der Waals surface area contributed by atoms with E-state index in [0.29, 0.717) is 19.6 Å². The second-order valence-corrected chi connectivity index (χ2v) is 10.6. The van der Waals surface area contributed by atoms with Gasteiger partial charge in [0.1, 0.15) is 10.7 Å². The lowest BCUT2D eigenvalue weighted by Crippen LogP contribution is -2.53. The third-order valence-corrected chi connectivity index (χ3v) is 8.48. The van der Waals surface area contributed by atoms with Crippen molar-refractivity contribution in [3.05, 3.63) is 53.2 Å². The number of hydrogen-bond acceptors (Lipinski definition) is 6. The zero-order valence-corrected chi connectivity index (χ0v) is 20.2. The van der Waals surface area contributed by atoms with Gasteiger partial charge in [-0.15, -0.1) is 0 Å². The molecule has 1 aromatic carbocycles. The Morgan fingerprint density at radius 2 is 1.70 bits per heavy atom. The molecule has 2 fully saturated rings. The maximum Gasteiger partial charge on any atom is 0.317 e. The maximum absolute atomic E-state index is 12.9. The van der Waals surface area contributed by atoms with Gasteiger partial charge in [0.25, 0.3) is 0 Å². The number of nitrogens with zero attached hydrogens (tertiary/aromatic N) is 5. The number of aromatic nitrogens is 1.